The lowest BCUT2D eigenvalue weighted by Crippen LogP contribution is -2.08. The van der Waals surface area contributed by atoms with E-state index in [1.165, 1.54) is 24.2 Å². The fourth-order valence-corrected chi connectivity index (χ4v) is 2.13. The number of aromatic nitrogens is 2. The second kappa shape index (κ2) is 3.19. The summed E-state index contributed by atoms with van der Waals surface area (Å²) in [5, 5.41) is 0. The summed E-state index contributed by atoms with van der Waals surface area (Å²) in [5.41, 5.74) is 10.7. The van der Waals surface area contributed by atoms with E-state index in [1.807, 2.05) is 18.2 Å². The van der Waals surface area contributed by atoms with Gasteiger partial charge < -0.3 is 5.73 Å². The Morgan fingerprint density at radius 3 is 2.33 bits per heavy atom. The van der Waals surface area contributed by atoms with Crippen molar-refractivity contribution in [2.45, 2.75) is 25.7 Å². The van der Waals surface area contributed by atoms with E-state index >= 15 is 0 Å². The fourth-order valence-electron chi connectivity index (χ4n) is 2.13. The van der Waals surface area contributed by atoms with Crippen molar-refractivity contribution in [3.8, 4) is 0 Å². The zero-order valence-corrected chi connectivity index (χ0v) is 8.53. The maximum Gasteiger partial charge on any atom is 0.0910 e. The quantitative estimate of drug-likeness (QED) is 0.661. The summed E-state index contributed by atoms with van der Waals surface area (Å²) in [6.07, 6.45) is 4.60. The van der Waals surface area contributed by atoms with Crippen molar-refractivity contribution in [2.24, 2.45) is 0 Å². The molecule has 0 saturated heterocycles. The van der Waals surface area contributed by atoms with E-state index < -0.39 is 0 Å². The molecule has 2 N–H and O–H groups in total. The standard InChI is InChI=1S/C12H13N3/c13-8-5-6-11-12(7-8)15-10-4-2-1-3-9(10)14-11/h5-7H,1-4,13H2. The molecule has 2 aromatic rings. The highest BCUT2D eigenvalue weighted by Gasteiger charge is 2.12. The van der Waals surface area contributed by atoms with Gasteiger partial charge >= 0.3 is 0 Å². The van der Waals surface area contributed by atoms with Gasteiger partial charge in [-0.15, -0.1) is 0 Å². The van der Waals surface area contributed by atoms with Gasteiger partial charge in [-0.25, -0.2) is 9.97 Å². The predicted molar refractivity (Wildman–Crippen MR) is 60.6 cm³/mol. The van der Waals surface area contributed by atoms with Gasteiger partial charge in [0.15, 0.2) is 0 Å². The topological polar surface area (TPSA) is 51.8 Å². The molecule has 1 heterocycles. The number of benzene rings is 1. The first-order chi connectivity index (χ1) is 7.33. The van der Waals surface area contributed by atoms with Crippen molar-refractivity contribution in [3.63, 3.8) is 0 Å². The van der Waals surface area contributed by atoms with Gasteiger partial charge in [-0.05, 0) is 43.9 Å². The first-order valence-electron chi connectivity index (χ1n) is 5.38. The number of hydrogen-bond acceptors (Lipinski definition) is 3. The van der Waals surface area contributed by atoms with Crippen LogP contribution in [0.3, 0.4) is 0 Å². The van der Waals surface area contributed by atoms with Crippen molar-refractivity contribution in [3.05, 3.63) is 29.6 Å². The molecule has 15 heavy (non-hydrogen) atoms. The summed E-state index contributed by atoms with van der Waals surface area (Å²) in [7, 11) is 0. The molecule has 1 aromatic heterocycles. The fraction of sp³-hybridized carbons (Fsp3) is 0.333. The molecule has 0 radical (unpaired) electrons. The third-order valence-electron chi connectivity index (χ3n) is 2.92. The SMILES string of the molecule is Nc1ccc2nc3c(nc2c1)CCCC3. The maximum absolute atomic E-state index is 5.73. The van der Waals surface area contributed by atoms with E-state index in [1.54, 1.807) is 0 Å². The van der Waals surface area contributed by atoms with Crippen LogP contribution in [-0.4, -0.2) is 9.97 Å². The van der Waals surface area contributed by atoms with Crippen molar-refractivity contribution >= 4 is 16.7 Å². The minimum absolute atomic E-state index is 0.757. The van der Waals surface area contributed by atoms with Crippen LogP contribution in [-0.2, 0) is 12.8 Å². The highest BCUT2D eigenvalue weighted by molar-refractivity contribution is 5.78. The second-order valence-corrected chi connectivity index (χ2v) is 4.07. The summed E-state index contributed by atoms with van der Waals surface area (Å²) < 4.78 is 0. The van der Waals surface area contributed by atoms with Gasteiger partial charge in [0.05, 0.1) is 22.4 Å². The van der Waals surface area contributed by atoms with Crippen LogP contribution in [0.25, 0.3) is 11.0 Å². The van der Waals surface area contributed by atoms with Gasteiger partial charge in [0.1, 0.15) is 0 Å². The Kier molecular flexibility index (Phi) is 1.84. The number of hydrogen-bond donors (Lipinski definition) is 1. The lowest BCUT2D eigenvalue weighted by molar-refractivity contribution is 0.655. The molecule has 0 amide bonds. The van der Waals surface area contributed by atoms with Crippen LogP contribution in [0, 0.1) is 0 Å². The first kappa shape index (κ1) is 8.65. The molecule has 0 aliphatic heterocycles. The van der Waals surface area contributed by atoms with Gasteiger partial charge in [0, 0.05) is 5.69 Å². The van der Waals surface area contributed by atoms with Crippen molar-refractivity contribution < 1.29 is 0 Å². The molecule has 0 fully saturated rings. The van der Waals surface area contributed by atoms with E-state index in [0.717, 1.165) is 29.6 Å². The minimum Gasteiger partial charge on any atom is -0.399 e. The maximum atomic E-state index is 5.73. The lowest BCUT2D eigenvalue weighted by atomic mass is 10.0. The summed E-state index contributed by atoms with van der Waals surface area (Å²) in [4.78, 5) is 9.27. The number of aryl methyl sites for hydroxylation is 2. The molecule has 0 atom stereocenters. The molecule has 0 spiro atoms. The van der Waals surface area contributed by atoms with Gasteiger partial charge in [0.25, 0.3) is 0 Å². The monoisotopic (exact) mass is 199 g/mol. The number of nitrogens with zero attached hydrogens (tertiary/aromatic N) is 2. The van der Waals surface area contributed by atoms with Crippen LogP contribution in [0.15, 0.2) is 18.2 Å². The normalized spacial score (nSPS) is 15.2. The van der Waals surface area contributed by atoms with Gasteiger partial charge in [0.2, 0.25) is 0 Å². The van der Waals surface area contributed by atoms with Crippen molar-refractivity contribution in [1.29, 1.82) is 0 Å². The predicted octanol–water partition coefficient (Wildman–Crippen LogP) is 2.09. The van der Waals surface area contributed by atoms with Crippen LogP contribution in [0.1, 0.15) is 24.2 Å². The molecule has 3 nitrogen and oxygen atoms in total. The third-order valence-corrected chi connectivity index (χ3v) is 2.92. The van der Waals surface area contributed by atoms with Crippen molar-refractivity contribution in [2.75, 3.05) is 5.73 Å². The molecule has 3 heteroatoms. The lowest BCUT2D eigenvalue weighted by Gasteiger charge is -2.14. The molecule has 1 aromatic carbocycles. The molecular weight excluding hydrogens is 186 g/mol. The summed E-state index contributed by atoms with van der Waals surface area (Å²) in [6, 6.07) is 5.73. The zero-order chi connectivity index (χ0) is 10.3. The zero-order valence-electron chi connectivity index (χ0n) is 8.53. The molecule has 76 valence electrons. The first-order valence-corrected chi connectivity index (χ1v) is 5.38. The van der Waals surface area contributed by atoms with Gasteiger partial charge in [-0.1, -0.05) is 0 Å². The molecule has 0 unspecified atom stereocenters. The number of fused-ring (bicyclic) bond motifs is 2. The molecular formula is C12H13N3. The van der Waals surface area contributed by atoms with Crippen molar-refractivity contribution in [1.82, 2.24) is 9.97 Å². The summed E-state index contributed by atoms with van der Waals surface area (Å²) in [5.74, 6) is 0. The largest absolute Gasteiger partial charge is 0.399 e. The Morgan fingerprint density at radius 1 is 0.933 bits per heavy atom. The Labute approximate surface area is 88.3 Å². The molecule has 0 saturated carbocycles. The van der Waals surface area contributed by atoms with E-state index in [2.05, 4.69) is 9.97 Å². The Bertz CT molecular complexity index is 520. The van der Waals surface area contributed by atoms with Crippen LogP contribution in [0.4, 0.5) is 5.69 Å². The Morgan fingerprint density at radius 2 is 1.60 bits per heavy atom. The van der Waals surface area contributed by atoms with Crippen LogP contribution in [0.5, 0.6) is 0 Å². The minimum atomic E-state index is 0.757. The molecule has 1 aliphatic carbocycles. The van der Waals surface area contributed by atoms with Gasteiger partial charge in [-0.2, -0.15) is 0 Å². The molecule has 0 bridgehead atoms. The van der Waals surface area contributed by atoms with E-state index in [-0.39, 0.29) is 0 Å². The number of nitrogen functional groups attached to an aromatic ring is 1. The van der Waals surface area contributed by atoms with E-state index in [4.69, 9.17) is 5.73 Å². The average Bonchev–Trinajstić information content (AvgIpc) is 2.26. The Hall–Kier alpha value is -1.64. The Balaban J connectivity index is 2.26. The number of rotatable bonds is 0. The van der Waals surface area contributed by atoms with Crippen LogP contribution < -0.4 is 5.73 Å². The van der Waals surface area contributed by atoms with Gasteiger partial charge in [-0.3, -0.25) is 0 Å². The second-order valence-electron chi connectivity index (χ2n) is 4.07. The van der Waals surface area contributed by atoms with Crippen LogP contribution >= 0.6 is 0 Å². The van der Waals surface area contributed by atoms with E-state index in [9.17, 15) is 0 Å². The van der Waals surface area contributed by atoms with E-state index in [0.29, 0.717) is 0 Å². The molecule has 1 aliphatic rings. The third kappa shape index (κ3) is 1.44. The number of nitrogens with two attached hydrogens (primary N) is 1. The smallest absolute Gasteiger partial charge is 0.0910 e. The summed E-state index contributed by atoms with van der Waals surface area (Å²) in [6.45, 7) is 0. The highest BCUT2D eigenvalue weighted by atomic mass is 14.8. The summed E-state index contributed by atoms with van der Waals surface area (Å²) >= 11 is 0. The highest BCUT2D eigenvalue weighted by Crippen LogP contribution is 2.21. The van der Waals surface area contributed by atoms with Crippen LogP contribution in [0.2, 0.25) is 0 Å². The number of anilines is 1. The average molecular weight is 199 g/mol. The molecule has 3 rings (SSSR count).